The van der Waals surface area contributed by atoms with Gasteiger partial charge < -0.3 is 15.7 Å². The fourth-order valence-electron chi connectivity index (χ4n) is 1.13. The Morgan fingerprint density at radius 3 is 2.67 bits per heavy atom. The van der Waals surface area contributed by atoms with Gasteiger partial charge in [0, 0.05) is 10.2 Å². The molecule has 0 aliphatic rings. The van der Waals surface area contributed by atoms with Crippen molar-refractivity contribution in [3.63, 3.8) is 0 Å². The van der Waals surface area contributed by atoms with E-state index in [-0.39, 0.29) is 6.54 Å². The van der Waals surface area contributed by atoms with Gasteiger partial charge in [-0.25, -0.2) is 0 Å². The van der Waals surface area contributed by atoms with Crippen molar-refractivity contribution in [1.82, 2.24) is 5.32 Å². The molecule has 0 spiro atoms. The Bertz CT molecular complexity index is 511. The number of nitrogens with one attached hydrogen (secondary N) is 2. The van der Waals surface area contributed by atoms with E-state index in [4.69, 9.17) is 10.4 Å². The number of carbonyl (C=O) groups excluding carboxylic acids is 1. The fraction of sp³-hybridized carbons (Fsp3) is 0.182. The monoisotopic (exact) mass is 311 g/mol. The number of carbonyl (C=O) groups is 2. The van der Waals surface area contributed by atoms with E-state index in [2.05, 4.69) is 26.6 Å². The third-order valence-corrected chi connectivity index (χ3v) is 2.64. The van der Waals surface area contributed by atoms with Crippen LogP contribution >= 0.6 is 15.9 Å². The third-order valence-electron chi connectivity index (χ3n) is 1.98. The molecule has 0 saturated heterocycles. The summed E-state index contributed by atoms with van der Waals surface area (Å²) < 4.78 is 0.626. The van der Waals surface area contributed by atoms with Crippen LogP contribution in [0.2, 0.25) is 0 Å². The summed E-state index contributed by atoms with van der Waals surface area (Å²) in [5, 5.41) is 22.1. The van der Waals surface area contributed by atoms with Crippen LogP contribution in [0.15, 0.2) is 22.7 Å². The number of rotatable bonds is 5. The number of carboxylic acids is 1. The number of benzene rings is 1. The van der Waals surface area contributed by atoms with Crippen molar-refractivity contribution in [2.75, 3.05) is 18.4 Å². The normalized spacial score (nSPS) is 9.33. The predicted octanol–water partition coefficient (Wildman–Crippen LogP) is 0.933. The Hall–Kier alpha value is -2.07. The molecule has 0 atom stereocenters. The second-order valence-corrected chi connectivity index (χ2v) is 4.18. The highest BCUT2D eigenvalue weighted by Gasteiger charge is 2.04. The van der Waals surface area contributed by atoms with Gasteiger partial charge in [-0.2, -0.15) is 5.26 Å². The fourth-order valence-corrected chi connectivity index (χ4v) is 1.60. The van der Waals surface area contributed by atoms with Gasteiger partial charge in [0.1, 0.15) is 12.6 Å². The second-order valence-electron chi connectivity index (χ2n) is 3.33. The van der Waals surface area contributed by atoms with Gasteiger partial charge >= 0.3 is 5.97 Å². The predicted molar refractivity (Wildman–Crippen MR) is 68.0 cm³/mol. The molecule has 0 aliphatic heterocycles. The molecule has 0 aromatic heterocycles. The van der Waals surface area contributed by atoms with Gasteiger partial charge in [-0.3, -0.25) is 9.59 Å². The smallest absolute Gasteiger partial charge is 0.322 e. The number of anilines is 1. The molecule has 0 saturated carbocycles. The van der Waals surface area contributed by atoms with E-state index in [0.29, 0.717) is 15.7 Å². The van der Waals surface area contributed by atoms with Crippen LogP contribution in [-0.4, -0.2) is 30.1 Å². The van der Waals surface area contributed by atoms with Gasteiger partial charge in [-0.15, -0.1) is 0 Å². The van der Waals surface area contributed by atoms with Crippen LogP contribution in [0.5, 0.6) is 0 Å². The molecule has 3 N–H and O–H groups in total. The first-order valence-electron chi connectivity index (χ1n) is 4.95. The summed E-state index contributed by atoms with van der Waals surface area (Å²) in [4.78, 5) is 21.4. The van der Waals surface area contributed by atoms with Crippen molar-refractivity contribution < 1.29 is 14.7 Å². The van der Waals surface area contributed by atoms with Crippen molar-refractivity contribution >= 4 is 33.5 Å². The van der Waals surface area contributed by atoms with E-state index >= 15 is 0 Å². The van der Waals surface area contributed by atoms with E-state index in [9.17, 15) is 9.59 Å². The minimum absolute atomic E-state index is 0.0361. The average Bonchev–Trinajstić information content (AvgIpc) is 2.34. The lowest BCUT2D eigenvalue weighted by atomic mass is 10.2. The van der Waals surface area contributed by atoms with E-state index in [0.717, 1.165) is 0 Å². The molecule has 1 amide bonds. The Labute approximate surface area is 112 Å². The van der Waals surface area contributed by atoms with Crippen molar-refractivity contribution in [2.24, 2.45) is 0 Å². The summed E-state index contributed by atoms with van der Waals surface area (Å²) in [5.41, 5.74) is 1.15. The average molecular weight is 312 g/mol. The van der Waals surface area contributed by atoms with Crippen LogP contribution in [0.25, 0.3) is 0 Å². The Morgan fingerprint density at radius 2 is 2.11 bits per heavy atom. The molecule has 1 aromatic rings. The molecule has 1 aromatic carbocycles. The van der Waals surface area contributed by atoms with E-state index < -0.39 is 18.4 Å². The molecular formula is C11H10BrN3O3. The number of nitrogens with zero attached hydrogens (tertiary/aromatic N) is 1. The van der Waals surface area contributed by atoms with Gasteiger partial charge in [0.25, 0.3) is 0 Å². The van der Waals surface area contributed by atoms with Crippen LogP contribution in [0, 0.1) is 11.3 Å². The Balaban J connectivity index is 2.49. The Kier molecular flexibility index (Phi) is 5.14. The molecule has 1 rings (SSSR count). The topological polar surface area (TPSA) is 102 Å². The lowest BCUT2D eigenvalue weighted by Crippen LogP contribution is -2.33. The second kappa shape index (κ2) is 6.61. The molecule has 0 radical (unpaired) electrons. The minimum atomic E-state index is -1.09. The molecule has 0 unspecified atom stereocenters. The largest absolute Gasteiger partial charge is 0.480 e. The van der Waals surface area contributed by atoms with Gasteiger partial charge in [-0.05, 0) is 34.1 Å². The van der Waals surface area contributed by atoms with Gasteiger partial charge in [0.2, 0.25) is 5.91 Å². The SMILES string of the molecule is N#Cc1ccc(NCC(=O)NCC(=O)O)cc1Br. The molecule has 0 fully saturated rings. The molecule has 7 heteroatoms. The molecular weight excluding hydrogens is 302 g/mol. The van der Waals surface area contributed by atoms with Gasteiger partial charge in [0.15, 0.2) is 0 Å². The summed E-state index contributed by atoms with van der Waals surface area (Å²) in [6, 6.07) is 6.94. The zero-order valence-electron chi connectivity index (χ0n) is 9.24. The molecule has 94 valence electrons. The standard InChI is InChI=1S/C11H10BrN3O3/c12-9-3-8(2-1-7(9)4-13)14-5-10(16)15-6-11(17)18/h1-3,14H,5-6H2,(H,15,16)(H,17,18). The zero-order valence-corrected chi connectivity index (χ0v) is 10.8. The summed E-state index contributed by atoms with van der Waals surface area (Å²) in [7, 11) is 0. The highest BCUT2D eigenvalue weighted by Crippen LogP contribution is 2.20. The highest BCUT2D eigenvalue weighted by molar-refractivity contribution is 9.10. The maximum atomic E-state index is 11.2. The lowest BCUT2D eigenvalue weighted by Gasteiger charge is -2.07. The van der Waals surface area contributed by atoms with Crippen LogP contribution in [0.4, 0.5) is 5.69 Å². The number of nitriles is 1. The van der Waals surface area contributed by atoms with Gasteiger partial charge in [0.05, 0.1) is 12.1 Å². The van der Waals surface area contributed by atoms with Crippen molar-refractivity contribution in [3.05, 3.63) is 28.2 Å². The molecule has 0 aliphatic carbocycles. The van der Waals surface area contributed by atoms with E-state index in [1.165, 1.54) is 0 Å². The maximum absolute atomic E-state index is 11.2. The number of hydrogen-bond donors (Lipinski definition) is 3. The van der Waals surface area contributed by atoms with Crippen LogP contribution in [0.1, 0.15) is 5.56 Å². The Morgan fingerprint density at radius 1 is 1.39 bits per heavy atom. The summed E-state index contributed by atoms with van der Waals surface area (Å²) >= 11 is 3.22. The van der Waals surface area contributed by atoms with Gasteiger partial charge in [-0.1, -0.05) is 0 Å². The van der Waals surface area contributed by atoms with Crippen molar-refractivity contribution in [3.8, 4) is 6.07 Å². The first kappa shape index (κ1) is 14.0. The van der Waals surface area contributed by atoms with Crippen LogP contribution < -0.4 is 10.6 Å². The minimum Gasteiger partial charge on any atom is -0.480 e. The third kappa shape index (κ3) is 4.43. The first-order valence-corrected chi connectivity index (χ1v) is 5.74. The lowest BCUT2D eigenvalue weighted by molar-refractivity contribution is -0.137. The van der Waals surface area contributed by atoms with Crippen molar-refractivity contribution in [2.45, 2.75) is 0 Å². The number of halogens is 1. The molecule has 18 heavy (non-hydrogen) atoms. The molecule has 0 heterocycles. The molecule has 6 nitrogen and oxygen atoms in total. The number of hydrogen-bond acceptors (Lipinski definition) is 4. The highest BCUT2D eigenvalue weighted by atomic mass is 79.9. The zero-order chi connectivity index (χ0) is 13.5. The maximum Gasteiger partial charge on any atom is 0.322 e. The van der Waals surface area contributed by atoms with Crippen LogP contribution in [-0.2, 0) is 9.59 Å². The number of amides is 1. The number of aliphatic carboxylic acids is 1. The number of carboxylic acid groups (broad SMARTS) is 1. The summed E-state index contributed by atoms with van der Waals surface area (Å²) in [6.45, 7) is -0.441. The summed E-state index contributed by atoms with van der Waals surface area (Å²) in [5.74, 6) is -1.51. The van der Waals surface area contributed by atoms with E-state index in [1.807, 2.05) is 6.07 Å². The van der Waals surface area contributed by atoms with Crippen LogP contribution in [0.3, 0.4) is 0 Å². The van der Waals surface area contributed by atoms with E-state index in [1.54, 1.807) is 18.2 Å². The molecule has 0 bridgehead atoms. The summed E-state index contributed by atoms with van der Waals surface area (Å²) in [6.07, 6.45) is 0. The van der Waals surface area contributed by atoms with Crippen molar-refractivity contribution in [1.29, 1.82) is 5.26 Å². The first-order chi connectivity index (χ1) is 8.52. The quantitative estimate of drug-likeness (QED) is 0.751.